The summed E-state index contributed by atoms with van der Waals surface area (Å²) in [5.41, 5.74) is -0.391. The van der Waals surface area contributed by atoms with Gasteiger partial charge in [-0.25, -0.2) is 4.79 Å². The molecule has 1 heterocycles. The highest BCUT2D eigenvalue weighted by Crippen LogP contribution is 2.29. The first kappa shape index (κ1) is 16.1. The number of carbonyl (C=O) groups is 2. The molecule has 0 saturated carbocycles. The van der Waals surface area contributed by atoms with Gasteiger partial charge < -0.3 is 15.5 Å². The molecule has 0 unspecified atom stereocenters. The van der Waals surface area contributed by atoms with Crippen molar-refractivity contribution in [1.29, 1.82) is 0 Å². The van der Waals surface area contributed by atoms with E-state index < -0.39 is 23.8 Å². The molecule has 2 N–H and O–H groups in total. The minimum absolute atomic E-state index is 0.0179. The molecule has 1 aromatic rings. The van der Waals surface area contributed by atoms with Crippen LogP contribution in [0.2, 0.25) is 0 Å². The van der Waals surface area contributed by atoms with E-state index in [1.807, 2.05) is 0 Å². The van der Waals surface area contributed by atoms with E-state index in [4.69, 9.17) is 0 Å². The molecule has 0 bridgehead atoms. The first-order valence-corrected chi connectivity index (χ1v) is 6.73. The summed E-state index contributed by atoms with van der Waals surface area (Å²) in [5.74, 6) is -0.249. The van der Waals surface area contributed by atoms with E-state index in [2.05, 4.69) is 10.6 Å². The average Bonchev–Trinajstić information content (AvgIpc) is 2.83. The minimum atomic E-state index is -4.42. The monoisotopic (exact) mass is 315 g/mol. The van der Waals surface area contributed by atoms with Crippen LogP contribution in [0.4, 0.5) is 18.0 Å². The fraction of sp³-hybridized carbons (Fsp3) is 0.429. The quantitative estimate of drug-likeness (QED) is 0.892. The number of alkyl halides is 3. The molecule has 2 rings (SSSR count). The zero-order valence-electron chi connectivity index (χ0n) is 11.9. The molecule has 1 atom stereocenters. The van der Waals surface area contributed by atoms with E-state index in [0.717, 1.165) is 12.1 Å². The van der Waals surface area contributed by atoms with Gasteiger partial charge in [0.2, 0.25) is 5.91 Å². The molecule has 0 aromatic heterocycles. The van der Waals surface area contributed by atoms with Crippen LogP contribution < -0.4 is 10.6 Å². The van der Waals surface area contributed by atoms with E-state index in [-0.39, 0.29) is 12.5 Å². The van der Waals surface area contributed by atoms with Gasteiger partial charge >= 0.3 is 12.2 Å². The van der Waals surface area contributed by atoms with Crippen molar-refractivity contribution in [3.8, 4) is 0 Å². The van der Waals surface area contributed by atoms with Crippen LogP contribution in [0.25, 0.3) is 0 Å². The van der Waals surface area contributed by atoms with Gasteiger partial charge in [0.15, 0.2) is 0 Å². The Bertz CT molecular complexity index is 575. The highest BCUT2D eigenvalue weighted by Gasteiger charge is 2.30. The Morgan fingerprint density at radius 3 is 2.77 bits per heavy atom. The van der Waals surface area contributed by atoms with Crippen molar-refractivity contribution < 1.29 is 22.8 Å². The van der Waals surface area contributed by atoms with E-state index in [0.29, 0.717) is 18.5 Å². The summed E-state index contributed by atoms with van der Waals surface area (Å²) < 4.78 is 37.9. The highest BCUT2D eigenvalue weighted by molar-refractivity contribution is 5.88. The molecule has 0 aliphatic carbocycles. The van der Waals surface area contributed by atoms with Gasteiger partial charge in [-0.05, 0) is 24.1 Å². The maximum Gasteiger partial charge on any atom is 0.416 e. The van der Waals surface area contributed by atoms with Crippen LogP contribution in [0.5, 0.6) is 0 Å². The molecule has 0 spiro atoms. The zero-order chi connectivity index (χ0) is 16.3. The lowest BCUT2D eigenvalue weighted by Gasteiger charge is -2.20. The van der Waals surface area contributed by atoms with Crippen LogP contribution in [-0.4, -0.2) is 36.5 Å². The van der Waals surface area contributed by atoms with Gasteiger partial charge in [0.1, 0.15) is 6.04 Å². The van der Waals surface area contributed by atoms with Crippen LogP contribution >= 0.6 is 0 Å². The number of nitrogens with one attached hydrogen (secondary N) is 2. The standard InChI is InChI=1S/C14H16F3N3O2/c1-20(13(22)19-11-5-6-18-12(11)21)8-9-3-2-4-10(7-9)14(15,16)17/h2-4,7,11H,5-6,8H2,1H3,(H,18,21)(H,19,22)/t11-/m0/s1. The maximum absolute atomic E-state index is 12.6. The molecule has 5 nitrogen and oxygen atoms in total. The van der Waals surface area contributed by atoms with E-state index in [9.17, 15) is 22.8 Å². The number of hydrogen-bond donors (Lipinski definition) is 2. The normalized spacial score (nSPS) is 18.0. The second-order valence-corrected chi connectivity index (χ2v) is 5.14. The second kappa shape index (κ2) is 6.25. The number of carbonyl (C=O) groups excluding carboxylic acids is 2. The number of urea groups is 1. The number of benzene rings is 1. The van der Waals surface area contributed by atoms with Gasteiger partial charge in [-0.1, -0.05) is 12.1 Å². The number of halogens is 3. The largest absolute Gasteiger partial charge is 0.416 e. The van der Waals surface area contributed by atoms with Crippen LogP contribution in [0.1, 0.15) is 17.5 Å². The Hall–Kier alpha value is -2.25. The minimum Gasteiger partial charge on any atom is -0.354 e. The molecule has 22 heavy (non-hydrogen) atoms. The molecule has 3 amide bonds. The van der Waals surface area contributed by atoms with Gasteiger partial charge in [0.05, 0.1) is 5.56 Å². The van der Waals surface area contributed by atoms with Crippen LogP contribution in [0, 0.1) is 0 Å². The second-order valence-electron chi connectivity index (χ2n) is 5.14. The molecule has 1 aliphatic rings. The van der Waals surface area contributed by atoms with Gasteiger partial charge in [-0.15, -0.1) is 0 Å². The summed E-state index contributed by atoms with van der Waals surface area (Å²) in [5, 5.41) is 5.14. The third kappa shape index (κ3) is 3.90. The molecule has 8 heteroatoms. The Kier molecular flexibility index (Phi) is 4.58. The lowest BCUT2D eigenvalue weighted by molar-refractivity contribution is -0.137. The maximum atomic E-state index is 12.6. The third-order valence-electron chi connectivity index (χ3n) is 3.37. The fourth-order valence-corrected chi connectivity index (χ4v) is 2.18. The summed E-state index contributed by atoms with van der Waals surface area (Å²) in [4.78, 5) is 24.6. The first-order chi connectivity index (χ1) is 10.3. The third-order valence-corrected chi connectivity index (χ3v) is 3.37. The predicted molar refractivity (Wildman–Crippen MR) is 72.9 cm³/mol. The first-order valence-electron chi connectivity index (χ1n) is 6.73. The Morgan fingerprint density at radius 2 is 2.18 bits per heavy atom. The van der Waals surface area contributed by atoms with Crippen molar-refractivity contribution in [2.24, 2.45) is 0 Å². The van der Waals surface area contributed by atoms with Crippen molar-refractivity contribution in [2.45, 2.75) is 25.2 Å². The van der Waals surface area contributed by atoms with Gasteiger partial charge in [0.25, 0.3) is 0 Å². The Balaban J connectivity index is 1.98. The van der Waals surface area contributed by atoms with Crippen LogP contribution in [0.3, 0.4) is 0 Å². The number of hydrogen-bond acceptors (Lipinski definition) is 2. The molecule has 1 saturated heterocycles. The van der Waals surface area contributed by atoms with Gasteiger partial charge in [0, 0.05) is 20.1 Å². The highest BCUT2D eigenvalue weighted by atomic mass is 19.4. The molecule has 1 aromatic carbocycles. The van der Waals surface area contributed by atoms with Crippen molar-refractivity contribution >= 4 is 11.9 Å². The summed E-state index contributed by atoms with van der Waals surface area (Å²) in [6.07, 6.45) is -3.92. The van der Waals surface area contributed by atoms with Gasteiger partial charge in [-0.2, -0.15) is 13.2 Å². The smallest absolute Gasteiger partial charge is 0.354 e. The lowest BCUT2D eigenvalue weighted by atomic mass is 10.1. The van der Waals surface area contributed by atoms with Crippen LogP contribution in [0.15, 0.2) is 24.3 Å². The van der Waals surface area contributed by atoms with E-state index in [1.54, 1.807) is 0 Å². The number of amides is 3. The lowest BCUT2D eigenvalue weighted by Crippen LogP contribution is -2.45. The molecular weight excluding hydrogens is 299 g/mol. The van der Waals surface area contributed by atoms with Crippen molar-refractivity contribution in [1.82, 2.24) is 15.5 Å². The summed E-state index contributed by atoms with van der Waals surface area (Å²) >= 11 is 0. The molecule has 1 fully saturated rings. The Labute approximate surface area is 125 Å². The zero-order valence-corrected chi connectivity index (χ0v) is 11.9. The summed E-state index contributed by atoms with van der Waals surface area (Å²) in [6, 6.07) is 3.71. The summed E-state index contributed by atoms with van der Waals surface area (Å²) in [7, 11) is 1.46. The molecule has 1 aliphatic heterocycles. The van der Waals surface area contributed by atoms with E-state index in [1.165, 1.54) is 24.1 Å². The number of rotatable bonds is 3. The fourth-order valence-electron chi connectivity index (χ4n) is 2.18. The molecule has 0 radical (unpaired) electrons. The number of nitrogens with zero attached hydrogens (tertiary/aromatic N) is 1. The van der Waals surface area contributed by atoms with Crippen LogP contribution in [-0.2, 0) is 17.5 Å². The Morgan fingerprint density at radius 1 is 1.45 bits per heavy atom. The van der Waals surface area contributed by atoms with E-state index >= 15 is 0 Å². The van der Waals surface area contributed by atoms with Gasteiger partial charge in [-0.3, -0.25) is 4.79 Å². The molecular formula is C14H16F3N3O2. The van der Waals surface area contributed by atoms with Crippen molar-refractivity contribution in [2.75, 3.05) is 13.6 Å². The molecule has 120 valence electrons. The predicted octanol–water partition coefficient (Wildman–Crippen LogP) is 1.74. The summed E-state index contributed by atoms with van der Waals surface area (Å²) in [6.45, 7) is 0.519. The average molecular weight is 315 g/mol. The SMILES string of the molecule is CN(Cc1cccc(C(F)(F)F)c1)C(=O)N[C@H]1CCNC1=O. The van der Waals surface area contributed by atoms with Crippen molar-refractivity contribution in [3.63, 3.8) is 0 Å². The topological polar surface area (TPSA) is 61.4 Å². The van der Waals surface area contributed by atoms with Crippen molar-refractivity contribution in [3.05, 3.63) is 35.4 Å².